The molecule has 0 bridgehead atoms. The maximum absolute atomic E-state index is 12.8. The fourth-order valence-corrected chi connectivity index (χ4v) is 3.03. The Labute approximate surface area is 162 Å². The second-order valence-corrected chi connectivity index (χ2v) is 6.29. The first-order chi connectivity index (χ1) is 13.3. The van der Waals surface area contributed by atoms with E-state index in [1.54, 1.807) is 12.1 Å². The molecule has 0 saturated heterocycles. The molecule has 0 radical (unpaired) electrons. The van der Waals surface area contributed by atoms with Crippen molar-refractivity contribution in [1.82, 2.24) is 10.2 Å². The molecule has 2 aromatic rings. The molecule has 2 aromatic carbocycles. The van der Waals surface area contributed by atoms with E-state index in [2.05, 4.69) is 23.8 Å². The molecule has 3 amide bonds. The Morgan fingerprint density at radius 2 is 1.71 bits per heavy atom. The van der Waals surface area contributed by atoms with Crippen molar-refractivity contribution in [3.63, 3.8) is 0 Å². The molecule has 28 heavy (non-hydrogen) atoms. The quantitative estimate of drug-likeness (QED) is 0.671. The third kappa shape index (κ3) is 3.37. The Morgan fingerprint density at radius 3 is 2.32 bits per heavy atom. The number of carbonyl (C=O) groups is 3. The topological polar surface area (TPSA) is 105 Å². The van der Waals surface area contributed by atoms with E-state index in [0.717, 1.165) is 22.4 Å². The number of fused-ring (bicyclic) bond motifs is 1. The van der Waals surface area contributed by atoms with Crippen molar-refractivity contribution in [3.05, 3.63) is 78.1 Å². The normalized spacial score (nSPS) is 12.3. The van der Waals surface area contributed by atoms with Gasteiger partial charge in [-0.1, -0.05) is 37.4 Å². The van der Waals surface area contributed by atoms with Crippen LogP contribution in [0.15, 0.2) is 67.0 Å². The molecule has 0 fully saturated rings. The van der Waals surface area contributed by atoms with Gasteiger partial charge in [0, 0.05) is 18.3 Å². The highest BCUT2D eigenvalue weighted by atomic mass is 16.2. The van der Waals surface area contributed by atoms with Crippen LogP contribution in [0.2, 0.25) is 0 Å². The summed E-state index contributed by atoms with van der Waals surface area (Å²) in [5.74, 6) is -1.89. The third-order valence-corrected chi connectivity index (χ3v) is 4.60. The summed E-state index contributed by atoms with van der Waals surface area (Å²) in [6, 6.07) is 13.3. The van der Waals surface area contributed by atoms with Gasteiger partial charge >= 0.3 is 0 Å². The Kier molecular flexibility index (Phi) is 5.00. The molecule has 1 aliphatic heterocycles. The average Bonchev–Trinajstić information content (AvgIpc) is 3.04. The summed E-state index contributed by atoms with van der Waals surface area (Å²) in [7, 11) is 1.84. The lowest BCUT2D eigenvalue weighted by Gasteiger charge is -2.18. The summed E-state index contributed by atoms with van der Waals surface area (Å²) in [6.45, 7) is 7.27. The predicted molar refractivity (Wildman–Crippen MR) is 107 cm³/mol. The number of hydrogen-bond acceptors (Lipinski definition) is 4. The van der Waals surface area contributed by atoms with Crippen molar-refractivity contribution in [2.45, 2.75) is 6.54 Å². The first-order valence-corrected chi connectivity index (χ1v) is 8.54. The van der Waals surface area contributed by atoms with Gasteiger partial charge in [-0.05, 0) is 34.9 Å². The number of nitrogens with zero attached hydrogens (tertiary/aromatic N) is 1. The molecule has 1 heterocycles. The van der Waals surface area contributed by atoms with E-state index >= 15 is 0 Å². The molecule has 0 unspecified atom stereocenters. The number of benzene rings is 2. The van der Waals surface area contributed by atoms with E-state index in [1.807, 2.05) is 37.4 Å². The molecule has 0 aliphatic carbocycles. The largest absolute Gasteiger partial charge is 0.388 e. The molecule has 0 aromatic heterocycles. The standard InChI is InChI=1S/C21H20N4O3/c1-12(19(22)26)24-20(27)13(2)25-11-18-16(5-4-6-17(18)21(25)28)14-7-9-15(23-3)10-8-14/h4-10,23H,1-2,11H2,3H3,(H2,22,26)(H,24,27). The van der Waals surface area contributed by atoms with E-state index in [0.29, 0.717) is 5.56 Å². The van der Waals surface area contributed by atoms with E-state index in [-0.39, 0.29) is 23.8 Å². The minimum Gasteiger partial charge on any atom is -0.388 e. The van der Waals surface area contributed by atoms with E-state index in [9.17, 15) is 14.4 Å². The lowest BCUT2D eigenvalue weighted by molar-refractivity contribution is -0.121. The van der Waals surface area contributed by atoms with Crippen molar-refractivity contribution in [1.29, 1.82) is 0 Å². The van der Waals surface area contributed by atoms with Gasteiger partial charge in [0.25, 0.3) is 17.7 Å². The van der Waals surface area contributed by atoms with Crippen LogP contribution in [0, 0.1) is 0 Å². The first-order valence-electron chi connectivity index (χ1n) is 8.54. The van der Waals surface area contributed by atoms with Crippen molar-refractivity contribution < 1.29 is 14.4 Å². The Hall–Kier alpha value is -3.87. The number of carbonyl (C=O) groups excluding carboxylic acids is 3. The van der Waals surface area contributed by atoms with Gasteiger partial charge in [0.05, 0.1) is 12.2 Å². The second-order valence-electron chi connectivity index (χ2n) is 6.29. The van der Waals surface area contributed by atoms with Crippen LogP contribution < -0.4 is 16.4 Å². The first kappa shape index (κ1) is 18.9. The molecule has 7 nitrogen and oxygen atoms in total. The van der Waals surface area contributed by atoms with Crippen molar-refractivity contribution >= 4 is 23.4 Å². The number of primary amides is 1. The molecule has 0 spiro atoms. The number of amides is 3. The van der Waals surface area contributed by atoms with Gasteiger partial charge in [0.2, 0.25) is 0 Å². The van der Waals surface area contributed by atoms with E-state index in [4.69, 9.17) is 5.73 Å². The zero-order valence-electron chi connectivity index (χ0n) is 15.4. The van der Waals surface area contributed by atoms with Crippen LogP contribution in [0.25, 0.3) is 11.1 Å². The average molecular weight is 376 g/mol. The van der Waals surface area contributed by atoms with Gasteiger partial charge in [-0.15, -0.1) is 0 Å². The number of anilines is 1. The van der Waals surface area contributed by atoms with Crippen LogP contribution in [-0.2, 0) is 16.1 Å². The zero-order valence-corrected chi connectivity index (χ0v) is 15.4. The summed E-state index contributed by atoms with van der Waals surface area (Å²) in [5.41, 5.74) is 8.90. The second kappa shape index (κ2) is 7.40. The Balaban J connectivity index is 1.88. The van der Waals surface area contributed by atoms with Crippen LogP contribution in [0.5, 0.6) is 0 Å². The molecular formula is C21H20N4O3. The van der Waals surface area contributed by atoms with Crippen LogP contribution in [0.4, 0.5) is 5.69 Å². The fourth-order valence-electron chi connectivity index (χ4n) is 3.03. The molecule has 7 heteroatoms. The van der Waals surface area contributed by atoms with Crippen LogP contribution in [-0.4, -0.2) is 29.7 Å². The van der Waals surface area contributed by atoms with Gasteiger partial charge in [-0.2, -0.15) is 0 Å². The summed E-state index contributed by atoms with van der Waals surface area (Å²) in [5, 5.41) is 5.32. The molecule has 142 valence electrons. The molecule has 0 saturated carbocycles. The van der Waals surface area contributed by atoms with Crippen LogP contribution >= 0.6 is 0 Å². The Morgan fingerprint density at radius 1 is 1.07 bits per heavy atom. The highest BCUT2D eigenvalue weighted by Crippen LogP contribution is 2.34. The number of hydrogen-bond donors (Lipinski definition) is 3. The Bertz CT molecular complexity index is 1010. The fraction of sp³-hybridized carbons (Fsp3) is 0.0952. The van der Waals surface area contributed by atoms with Gasteiger partial charge in [-0.3, -0.25) is 19.3 Å². The molecule has 3 rings (SSSR count). The summed E-state index contributed by atoms with van der Waals surface area (Å²) in [6.07, 6.45) is 0. The van der Waals surface area contributed by atoms with Gasteiger partial charge in [0.1, 0.15) is 5.70 Å². The van der Waals surface area contributed by atoms with Gasteiger partial charge in [0.15, 0.2) is 0 Å². The lowest BCUT2D eigenvalue weighted by Crippen LogP contribution is -2.37. The number of rotatable bonds is 6. The highest BCUT2D eigenvalue weighted by molar-refractivity contribution is 6.08. The van der Waals surface area contributed by atoms with Crippen LogP contribution in [0.1, 0.15) is 15.9 Å². The van der Waals surface area contributed by atoms with Gasteiger partial charge < -0.3 is 16.4 Å². The minimum atomic E-state index is -0.857. The monoisotopic (exact) mass is 376 g/mol. The highest BCUT2D eigenvalue weighted by Gasteiger charge is 2.33. The van der Waals surface area contributed by atoms with Crippen molar-refractivity contribution in [2.75, 3.05) is 12.4 Å². The maximum atomic E-state index is 12.8. The van der Waals surface area contributed by atoms with E-state index < -0.39 is 11.8 Å². The summed E-state index contributed by atoms with van der Waals surface area (Å²) in [4.78, 5) is 37.4. The van der Waals surface area contributed by atoms with Crippen molar-refractivity contribution in [3.8, 4) is 11.1 Å². The van der Waals surface area contributed by atoms with Gasteiger partial charge in [-0.25, -0.2) is 0 Å². The number of nitrogens with two attached hydrogens (primary N) is 1. The minimum absolute atomic E-state index is 0.0833. The van der Waals surface area contributed by atoms with Crippen molar-refractivity contribution in [2.24, 2.45) is 5.73 Å². The number of nitrogens with one attached hydrogen (secondary N) is 2. The maximum Gasteiger partial charge on any atom is 0.271 e. The summed E-state index contributed by atoms with van der Waals surface area (Å²) < 4.78 is 0. The molecule has 1 aliphatic rings. The SMILES string of the molecule is C=C(NC(=O)C(=C)N1Cc2c(cccc2-c2ccc(NC)cc2)C1=O)C(N)=O. The smallest absolute Gasteiger partial charge is 0.271 e. The van der Waals surface area contributed by atoms with Crippen LogP contribution in [0.3, 0.4) is 0 Å². The third-order valence-electron chi connectivity index (χ3n) is 4.60. The summed E-state index contributed by atoms with van der Waals surface area (Å²) >= 11 is 0. The molecular weight excluding hydrogens is 356 g/mol. The molecule has 0 atom stereocenters. The predicted octanol–water partition coefficient (Wildman–Crippen LogP) is 1.98. The zero-order chi connectivity index (χ0) is 20.4. The molecule has 4 N–H and O–H groups in total. The van der Waals surface area contributed by atoms with E-state index in [1.165, 1.54) is 4.90 Å². The lowest BCUT2D eigenvalue weighted by atomic mass is 9.97.